The van der Waals surface area contributed by atoms with Crippen molar-refractivity contribution in [1.29, 1.82) is 0 Å². The fourth-order valence-corrected chi connectivity index (χ4v) is 4.74. The number of hydrogen-bond acceptors (Lipinski definition) is 6. The predicted molar refractivity (Wildman–Crippen MR) is 123 cm³/mol. The summed E-state index contributed by atoms with van der Waals surface area (Å²) in [6, 6.07) is 9.16. The van der Waals surface area contributed by atoms with E-state index in [1.165, 1.54) is 0 Å². The average molecular weight is 450 g/mol. The van der Waals surface area contributed by atoms with E-state index in [0.29, 0.717) is 44.9 Å². The van der Waals surface area contributed by atoms with Gasteiger partial charge in [-0.15, -0.1) is 0 Å². The molecule has 7 nitrogen and oxygen atoms in total. The van der Waals surface area contributed by atoms with Crippen LogP contribution >= 0.6 is 12.6 Å². The van der Waals surface area contributed by atoms with Crippen LogP contribution in [-0.4, -0.2) is 74.7 Å². The SMILES string of the molecule is COC1CCC(CS)(C(=O)N[C@@H](Cc2ccccc2)C(=O)NCN2CCOCC2)CC1. The Morgan fingerprint density at radius 1 is 1.23 bits per heavy atom. The first-order chi connectivity index (χ1) is 15.1. The molecule has 172 valence electrons. The van der Waals surface area contributed by atoms with Gasteiger partial charge in [0.25, 0.3) is 0 Å². The van der Waals surface area contributed by atoms with Crippen molar-refractivity contribution in [3.8, 4) is 0 Å². The van der Waals surface area contributed by atoms with Gasteiger partial charge in [-0.05, 0) is 31.2 Å². The van der Waals surface area contributed by atoms with Crippen LogP contribution in [0, 0.1) is 5.41 Å². The van der Waals surface area contributed by atoms with Crippen LogP contribution in [0.4, 0.5) is 0 Å². The van der Waals surface area contributed by atoms with E-state index in [0.717, 1.165) is 31.5 Å². The minimum absolute atomic E-state index is 0.0838. The number of carbonyl (C=O) groups excluding carboxylic acids is 2. The molecule has 0 spiro atoms. The third-order valence-corrected chi connectivity index (χ3v) is 7.10. The Labute approximate surface area is 190 Å². The third kappa shape index (κ3) is 6.68. The van der Waals surface area contributed by atoms with Crippen LogP contribution < -0.4 is 10.6 Å². The van der Waals surface area contributed by atoms with E-state index in [9.17, 15) is 9.59 Å². The highest BCUT2D eigenvalue weighted by Crippen LogP contribution is 2.38. The van der Waals surface area contributed by atoms with Crippen molar-refractivity contribution in [2.75, 3.05) is 45.8 Å². The van der Waals surface area contributed by atoms with Crippen LogP contribution in [0.15, 0.2) is 30.3 Å². The zero-order valence-corrected chi connectivity index (χ0v) is 19.2. The Morgan fingerprint density at radius 3 is 2.52 bits per heavy atom. The van der Waals surface area contributed by atoms with Crippen molar-refractivity contribution in [1.82, 2.24) is 15.5 Å². The van der Waals surface area contributed by atoms with E-state index < -0.39 is 11.5 Å². The average Bonchev–Trinajstić information content (AvgIpc) is 2.83. The summed E-state index contributed by atoms with van der Waals surface area (Å²) in [5.41, 5.74) is 0.453. The summed E-state index contributed by atoms with van der Waals surface area (Å²) in [6.07, 6.45) is 3.74. The fourth-order valence-electron chi connectivity index (χ4n) is 4.28. The van der Waals surface area contributed by atoms with Gasteiger partial charge in [0, 0.05) is 32.4 Å². The van der Waals surface area contributed by atoms with Gasteiger partial charge in [0.05, 0.1) is 31.4 Å². The Bertz CT molecular complexity index is 704. The smallest absolute Gasteiger partial charge is 0.243 e. The van der Waals surface area contributed by atoms with E-state index in [1.807, 2.05) is 30.3 Å². The number of rotatable bonds is 9. The normalized spacial score (nSPS) is 25.5. The van der Waals surface area contributed by atoms with Gasteiger partial charge < -0.3 is 20.1 Å². The van der Waals surface area contributed by atoms with Gasteiger partial charge in [0.2, 0.25) is 11.8 Å². The molecule has 1 aromatic rings. The van der Waals surface area contributed by atoms with E-state index >= 15 is 0 Å². The lowest BCUT2D eigenvalue weighted by molar-refractivity contribution is -0.137. The summed E-state index contributed by atoms with van der Waals surface area (Å²) in [5, 5.41) is 6.07. The number of carbonyl (C=O) groups is 2. The van der Waals surface area contributed by atoms with Crippen LogP contribution in [0.1, 0.15) is 31.2 Å². The number of ether oxygens (including phenoxy) is 2. The summed E-state index contributed by atoms with van der Waals surface area (Å²) in [5.74, 6) is 0.214. The highest BCUT2D eigenvalue weighted by Gasteiger charge is 2.42. The van der Waals surface area contributed by atoms with Crippen LogP contribution in [-0.2, 0) is 25.5 Å². The maximum Gasteiger partial charge on any atom is 0.243 e. The van der Waals surface area contributed by atoms with Gasteiger partial charge in [-0.2, -0.15) is 12.6 Å². The van der Waals surface area contributed by atoms with Crippen molar-refractivity contribution in [2.45, 2.75) is 44.2 Å². The summed E-state index contributed by atoms with van der Waals surface area (Å²) < 4.78 is 10.8. The monoisotopic (exact) mass is 449 g/mol. The van der Waals surface area contributed by atoms with Gasteiger partial charge >= 0.3 is 0 Å². The molecule has 1 heterocycles. The molecule has 0 aromatic heterocycles. The molecule has 1 saturated carbocycles. The number of thiol groups is 1. The van der Waals surface area contributed by atoms with E-state index in [-0.39, 0.29) is 17.9 Å². The Hall–Kier alpha value is -1.61. The second-order valence-corrected chi connectivity index (χ2v) is 8.84. The number of amides is 2. The number of methoxy groups -OCH3 is 1. The highest BCUT2D eigenvalue weighted by atomic mass is 32.1. The molecule has 1 aliphatic carbocycles. The molecule has 2 aliphatic rings. The van der Waals surface area contributed by atoms with Crippen molar-refractivity contribution in [3.63, 3.8) is 0 Å². The number of nitrogens with one attached hydrogen (secondary N) is 2. The quantitative estimate of drug-likeness (QED) is 0.500. The van der Waals surface area contributed by atoms with E-state index in [4.69, 9.17) is 9.47 Å². The molecule has 0 radical (unpaired) electrons. The standard InChI is InChI=1S/C23H35N3O4S/c1-29-19-7-9-23(16-31,10-8-19)22(28)25-20(15-18-5-3-2-4-6-18)21(27)24-17-26-11-13-30-14-12-26/h2-6,19-20,31H,7-17H2,1H3,(H,24,27)(H,25,28)/t19?,20-,23?/m0/s1. The van der Waals surface area contributed by atoms with Crippen molar-refractivity contribution >= 4 is 24.4 Å². The molecular weight excluding hydrogens is 414 g/mol. The molecule has 1 aromatic carbocycles. The lowest BCUT2D eigenvalue weighted by Crippen LogP contribution is -2.55. The fraction of sp³-hybridized carbons (Fsp3) is 0.652. The molecule has 3 rings (SSSR count). The number of benzene rings is 1. The summed E-state index contributed by atoms with van der Waals surface area (Å²) >= 11 is 4.51. The predicted octanol–water partition coefficient (Wildman–Crippen LogP) is 1.63. The van der Waals surface area contributed by atoms with Crippen LogP contribution in [0.2, 0.25) is 0 Å². The molecule has 8 heteroatoms. The van der Waals surface area contributed by atoms with Crippen LogP contribution in [0.3, 0.4) is 0 Å². The molecule has 0 unspecified atom stereocenters. The zero-order valence-electron chi connectivity index (χ0n) is 18.3. The molecule has 2 N–H and O–H groups in total. The van der Waals surface area contributed by atoms with Gasteiger partial charge in [-0.25, -0.2) is 0 Å². The number of hydrogen-bond donors (Lipinski definition) is 3. The van der Waals surface area contributed by atoms with Gasteiger partial charge in [-0.3, -0.25) is 14.5 Å². The second kappa shape index (κ2) is 11.9. The van der Waals surface area contributed by atoms with E-state index in [2.05, 4.69) is 28.2 Å². The van der Waals surface area contributed by atoms with Crippen LogP contribution in [0.5, 0.6) is 0 Å². The minimum atomic E-state index is -0.632. The Balaban J connectivity index is 1.66. The van der Waals surface area contributed by atoms with Gasteiger partial charge in [-0.1, -0.05) is 30.3 Å². The molecular formula is C23H35N3O4S. The molecule has 1 aliphatic heterocycles. The zero-order chi connectivity index (χ0) is 22.1. The highest BCUT2D eigenvalue weighted by molar-refractivity contribution is 7.80. The summed E-state index contributed by atoms with van der Waals surface area (Å²) in [6.45, 7) is 3.38. The Morgan fingerprint density at radius 2 is 1.90 bits per heavy atom. The molecule has 1 saturated heterocycles. The summed E-state index contributed by atoms with van der Waals surface area (Å²) in [7, 11) is 1.72. The first kappa shape index (κ1) is 24.0. The molecule has 1 atom stereocenters. The van der Waals surface area contributed by atoms with Crippen LogP contribution in [0.25, 0.3) is 0 Å². The Kier molecular flexibility index (Phi) is 9.19. The maximum absolute atomic E-state index is 13.3. The molecule has 2 amide bonds. The number of morpholine rings is 1. The lowest BCUT2D eigenvalue weighted by Gasteiger charge is -2.38. The molecule has 2 fully saturated rings. The number of nitrogens with zero attached hydrogens (tertiary/aromatic N) is 1. The molecule has 31 heavy (non-hydrogen) atoms. The second-order valence-electron chi connectivity index (χ2n) is 8.52. The first-order valence-electron chi connectivity index (χ1n) is 11.1. The van der Waals surface area contributed by atoms with Gasteiger partial charge in [0.15, 0.2) is 0 Å². The largest absolute Gasteiger partial charge is 0.381 e. The van der Waals surface area contributed by atoms with Gasteiger partial charge in [0.1, 0.15) is 6.04 Å². The minimum Gasteiger partial charge on any atom is -0.381 e. The van der Waals surface area contributed by atoms with Crippen molar-refractivity contribution < 1.29 is 19.1 Å². The third-order valence-electron chi connectivity index (χ3n) is 6.49. The van der Waals surface area contributed by atoms with E-state index in [1.54, 1.807) is 7.11 Å². The maximum atomic E-state index is 13.3. The topological polar surface area (TPSA) is 79.9 Å². The van der Waals surface area contributed by atoms with Crippen molar-refractivity contribution in [2.24, 2.45) is 5.41 Å². The summed E-state index contributed by atoms with van der Waals surface area (Å²) in [4.78, 5) is 28.6. The first-order valence-corrected chi connectivity index (χ1v) is 11.8. The van der Waals surface area contributed by atoms with Crippen molar-refractivity contribution in [3.05, 3.63) is 35.9 Å². The lowest BCUT2D eigenvalue weighted by atomic mass is 9.73. The molecule has 0 bridgehead atoms.